The number of hydrogen-bond donors (Lipinski definition) is 2. The van der Waals surface area contributed by atoms with E-state index in [0.717, 1.165) is 41.9 Å². The fraction of sp³-hybridized carbons (Fsp3) is 0.444. The van der Waals surface area contributed by atoms with Gasteiger partial charge in [-0.3, -0.25) is 19.4 Å². The fourth-order valence-electron chi connectivity index (χ4n) is 2.68. The second-order valence-corrected chi connectivity index (χ2v) is 7.01. The molecular weight excluding hydrogens is 384 g/mol. The van der Waals surface area contributed by atoms with E-state index in [0.29, 0.717) is 19.6 Å². The van der Waals surface area contributed by atoms with E-state index in [-0.39, 0.29) is 11.8 Å². The van der Waals surface area contributed by atoms with Crippen molar-refractivity contribution in [1.82, 2.24) is 15.1 Å². The molecule has 25 heavy (non-hydrogen) atoms. The van der Waals surface area contributed by atoms with E-state index in [1.54, 1.807) is 6.08 Å². The number of nitrogens with zero attached hydrogens (tertiary/aromatic N) is 2. The molecule has 1 aliphatic rings. The van der Waals surface area contributed by atoms with E-state index in [1.807, 2.05) is 25.1 Å². The molecular formula is C18H25BrN4O2. The molecule has 1 heterocycles. The number of piperazine rings is 1. The first-order valence-corrected chi connectivity index (χ1v) is 9.15. The van der Waals surface area contributed by atoms with Gasteiger partial charge in [-0.15, -0.1) is 6.58 Å². The van der Waals surface area contributed by atoms with Gasteiger partial charge in [-0.25, -0.2) is 0 Å². The minimum atomic E-state index is -0.0149. The van der Waals surface area contributed by atoms with E-state index in [1.165, 1.54) is 0 Å². The number of benzene rings is 1. The first kappa shape index (κ1) is 19.6. The normalized spacial score (nSPS) is 15.6. The zero-order valence-electron chi connectivity index (χ0n) is 14.6. The van der Waals surface area contributed by atoms with Crippen LogP contribution in [0.3, 0.4) is 0 Å². The van der Waals surface area contributed by atoms with Gasteiger partial charge in [-0.05, 0) is 30.7 Å². The molecule has 0 aromatic heterocycles. The van der Waals surface area contributed by atoms with Crippen LogP contribution in [0, 0.1) is 6.92 Å². The van der Waals surface area contributed by atoms with Crippen molar-refractivity contribution < 1.29 is 9.59 Å². The van der Waals surface area contributed by atoms with Crippen LogP contribution in [0.2, 0.25) is 0 Å². The molecule has 7 heteroatoms. The number of hydrogen-bond acceptors (Lipinski definition) is 4. The SMILES string of the molecule is C=CCNC(=O)CN1CCN(CC(=O)Nc2ccc(Br)c(C)c2)CC1. The van der Waals surface area contributed by atoms with Crippen LogP contribution in [0.15, 0.2) is 35.3 Å². The Hall–Kier alpha value is -1.70. The molecule has 2 rings (SSSR count). The number of nitrogens with one attached hydrogen (secondary N) is 2. The van der Waals surface area contributed by atoms with Gasteiger partial charge in [-0.2, -0.15) is 0 Å². The molecule has 136 valence electrons. The average molecular weight is 409 g/mol. The molecule has 0 atom stereocenters. The Labute approximate surface area is 157 Å². The molecule has 0 spiro atoms. The smallest absolute Gasteiger partial charge is 0.238 e. The lowest BCUT2D eigenvalue weighted by Crippen LogP contribution is -2.51. The van der Waals surface area contributed by atoms with Crippen LogP contribution in [0.5, 0.6) is 0 Å². The van der Waals surface area contributed by atoms with E-state index in [9.17, 15) is 9.59 Å². The summed E-state index contributed by atoms with van der Waals surface area (Å²) in [7, 11) is 0. The first-order valence-electron chi connectivity index (χ1n) is 8.36. The zero-order chi connectivity index (χ0) is 18.2. The summed E-state index contributed by atoms with van der Waals surface area (Å²) in [6.45, 7) is 9.95. The van der Waals surface area contributed by atoms with Gasteiger partial charge in [0.05, 0.1) is 13.1 Å². The summed E-state index contributed by atoms with van der Waals surface area (Å²) in [5.41, 5.74) is 1.89. The van der Waals surface area contributed by atoms with E-state index in [2.05, 4.69) is 42.9 Å². The molecule has 0 aliphatic carbocycles. The van der Waals surface area contributed by atoms with Crippen molar-refractivity contribution in [2.75, 3.05) is 51.1 Å². The maximum atomic E-state index is 12.2. The van der Waals surface area contributed by atoms with E-state index in [4.69, 9.17) is 0 Å². The quantitative estimate of drug-likeness (QED) is 0.672. The third-order valence-corrected chi connectivity index (χ3v) is 4.97. The molecule has 1 fully saturated rings. The molecule has 0 bridgehead atoms. The Kier molecular flexibility index (Phi) is 7.61. The van der Waals surface area contributed by atoms with Gasteiger partial charge in [0.2, 0.25) is 11.8 Å². The van der Waals surface area contributed by atoms with Crippen molar-refractivity contribution in [2.45, 2.75) is 6.92 Å². The molecule has 0 radical (unpaired) electrons. The Balaban J connectivity index is 1.72. The van der Waals surface area contributed by atoms with Crippen molar-refractivity contribution >= 4 is 33.4 Å². The molecule has 1 aromatic carbocycles. The monoisotopic (exact) mass is 408 g/mol. The first-order chi connectivity index (χ1) is 12.0. The van der Waals surface area contributed by atoms with Gasteiger partial charge in [0, 0.05) is 42.9 Å². The summed E-state index contributed by atoms with van der Waals surface area (Å²) in [6, 6.07) is 5.76. The second-order valence-electron chi connectivity index (χ2n) is 6.16. The molecule has 6 nitrogen and oxygen atoms in total. The van der Waals surface area contributed by atoms with Gasteiger partial charge < -0.3 is 10.6 Å². The Morgan fingerprint density at radius 3 is 2.32 bits per heavy atom. The Bertz CT molecular complexity index is 628. The summed E-state index contributed by atoms with van der Waals surface area (Å²) in [4.78, 5) is 28.1. The van der Waals surface area contributed by atoms with Crippen LogP contribution in [-0.4, -0.2) is 67.4 Å². The molecule has 2 N–H and O–H groups in total. The lowest BCUT2D eigenvalue weighted by molar-refractivity contribution is -0.123. The van der Waals surface area contributed by atoms with Crippen molar-refractivity contribution in [3.05, 3.63) is 40.9 Å². The highest BCUT2D eigenvalue weighted by Gasteiger charge is 2.20. The lowest BCUT2D eigenvalue weighted by atomic mass is 10.2. The number of carbonyl (C=O) groups excluding carboxylic acids is 2. The Morgan fingerprint density at radius 1 is 1.16 bits per heavy atom. The van der Waals surface area contributed by atoms with Crippen LogP contribution in [-0.2, 0) is 9.59 Å². The maximum absolute atomic E-state index is 12.2. The highest BCUT2D eigenvalue weighted by Crippen LogP contribution is 2.20. The average Bonchev–Trinajstić information content (AvgIpc) is 2.58. The van der Waals surface area contributed by atoms with E-state index < -0.39 is 0 Å². The number of carbonyl (C=O) groups is 2. The molecule has 1 aromatic rings. The summed E-state index contributed by atoms with van der Waals surface area (Å²) in [5.74, 6) is -0.00407. The van der Waals surface area contributed by atoms with Crippen molar-refractivity contribution in [1.29, 1.82) is 0 Å². The summed E-state index contributed by atoms with van der Waals surface area (Å²) in [6.07, 6.45) is 1.67. The highest BCUT2D eigenvalue weighted by molar-refractivity contribution is 9.10. The van der Waals surface area contributed by atoms with Gasteiger partial charge in [-0.1, -0.05) is 22.0 Å². The zero-order valence-corrected chi connectivity index (χ0v) is 16.1. The molecule has 1 aliphatic heterocycles. The third kappa shape index (κ3) is 6.61. The molecule has 2 amide bonds. The highest BCUT2D eigenvalue weighted by atomic mass is 79.9. The van der Waals surface area contributed by atoms with Gasteiger partial charge in [0.1, 0.15) is 0 Å². The Morgan fingerprint density at radius 2 is 1.76 bits per heavy atom. The van der Waals surface area contributed by atoms with E-state index >= 15 is 0 Å². The molecule has 1 saturated heterocycles. The van der Waals surface area contributed by atoms with Crippen molar-refractivity contribution in [3.8, 4) is 0 Å². The van der Waals surface area contributed by atoms with Crippen LogP contribution >= 0.6 is 15.9 Å². The van der Waals surface area contributed by atoms with Gasteiger partial charge in [0.15, 0.2) is 0 Å². The lowest BCUT2D eigenvalue weighted by Gasteiger charge is -2.33. The van der Waals surface area contributed by atoms with Crippen LogP contribution in [0.4, 0.5) is 5.69 Å². The topological polar surface area (TPSA) is 64.7 Å². The number of rotatable bonds is 7. The number of anilines is 1. The van der Waals surface area contributed by atoms with Crippen molar-refractivity contribution in [3.63, 3.8) is 0 Å². The van der Waals surface area contributed by atoms with Crippen LogP contribution < -0.4 is 10.6 Å². The van der Waals surface area contributed by atoms with Gasteiger partial charge >= 0.3 is 0 Å². The number of halogens is 1. The largest absolute Gasteiger partial charge is 0.352 e. The molecule has 0 saturated carbocycles. The minimum Gasteiger partial charge on any atom is -0.352 e. The minimum absolute atomic E-state index is 0.0108. The maximum Gasteiger partial charge on any atom is 0.238 e. The van der Waals surface area contributed by atoms with Gasteiger partial charge in [0.25, 0.3) is 0 Å². The number of amides is 2. The second kappa shape index (κ2) is 9.70. The predicted octanol–water partition coefficient (Wildman–Crippen LogP) is 1.62. The third-order valence-electron chi connectivity index (χ3n) is 4.08. The standard InChI is InChI=1S/C18H25BrN4O2/c1-3-6-20-17(24)12-22-7-9-23(10-8-22)13-18(25)21-15-4-5-16(19)14(2)11-15/h3-5,11H,1,6-10,12-13H2,2H3,(H,20,24)(H,21,25). The summed E-state index contributed by atoms with van der Waals surface area (Å²) in [5, 5.41) is 5.71. The fourth-order valence-corrected chi connectivity index (χ4v) is 2.92. The van der Waals surface area contributed by atoms with Crippen LogP contribution in [0.1, 0.15) is 5.56 Å². The number of aryl methyl sites for hydroxylation is 1. The van der Waals surface area contributed by atoms with Crippen LogP contribution in [0.25, 0.3) is 0 Å². The predicted molar refractivity (Wildman–Crippen MR) is 104 cm³/mol. The molecule has 0 unspecified atom stereocenters. The summed E-state index contributed by atoms with van der Waals surface area (Å²) < 4.78 is 1.03. The summed E-state index contributed by atoms with van der Waals surface area (Å²) >= 11 is 3.45. The van der Waals surface area contributed by atoms with Crippen molar-refractivity contribution in [2.24, 2.45) is 0 Å².